The number of rotatable bonds is 4. The van der Waals surface area contributed by atoms with Crippen molar-refractivity contribution < 1.29 is 22.8 Å². The van der Waals surface area contributed by atoms with Crippen LogP contribution in [0, 0.1) is 0 Å². The predicted octanol–water partition coefficient (Wildman–Crippen LogP) is 3.36. The lowest BCUT2D eigenvalue weighted by molar-refractivity contribution is -0.137. The molecule has 136 valence electrons. The van der Waals surface area contributed by atoms with E-state index in [1.807, 2.05) is 24.5 Å². The van der Waals surface area contributed by atoms with E-state index in [1.54, 1.807) is 12.1 Å². The maximum Gasteiger partial charge on any atom is 0.416 e. The zero-order chi connectivity index (χ0) is 19.2. The lowest BCUT2D eigenvalue weighted by atomic mass is 10.1. The Balaban J connectivity index is 1.93. The van der Waals surface area contributed by atoms with Crippen molar-refractivity contribution in [2.24, 2.45) is 5.10 Å². The third-order valence-electron chi connectivity index (χ3n) is 3.42. The Kier molecular flexibility index (Phi) is 6.11. The number of hydrogen-bond donors (Lipinski definition) is 2. The van der Waals surface area contributed by atoms with Gasteiger partial charge in [0, 0.05) is 5.69 Å². The number of aryl methyl sites for hydroxylation is 1. The van der Waals surface area contributed by atoms with Crippen LogP contribution in [0.15, 0.2) is 53.6 Å². The highest BCUT2D eigenvalue weighted by atomic mass is 19.4. The number of carbonyl (C=O) groups excluding carboxylic acids is 2. The second-order valence-corrected chi connectivity index (χ2v) is 5.33. The normalized spacial score (nSPS) is 11.4. The summed E-state index contributed by atoms with van der Waals surface area (Å²) in [5, 5.41) is 5.74. The summed E-state index contributed by atoms with van der Waals surface area (Å²) in [5.41, 5.74) is 2.82. The van der Waals surface area contributed by atoms with Crippen LogP contribution in [0.3, 0.4) is 0 Å². The van der Waals surface area contributed by atoms with Crippen LogP contribution in [-0.4, -0.2) is 18.0 Å². The molecule has 2 N–H and O–H groups in total. The molecule has 2 amide bonds. The fraction of sp³-hybridized carbons (Fsp3) is 0.167. The Labute approximate surface area is 147 Å². The van der Waals surface area contributed by atoms with Gasteiger partial charge < -0.3 is 5.32 Å². The number of hydrazone groups is 1. The molecule has 0 aliphatic heterocycles. The lowest BCUT2D eigenvalue weighted by Gasteiger charge is -2.09. The van der Waals surface area contributed by atoms with Crippen molar-refractivity contribution in [2.45, 2.75) is 19.5 Å². The van der Waals surface area contributed by atoms with E-state index in [0.29, 0.717) is 0 Å². The predicted molar refractivity (Wildman–Crippen MR) is 91.6 cm³/mol. The monoisotopic (exact) mass is 363 g/mol. The number of benzene rings is 2. The number of hydrogen-bond acceptors (Lipinski definition) is 3. The summed E-state index contributed by atoms with van der Waals surface area (Å²) in [6.45, 7) is 2.02. The average Bonchev–Trinajstić information content (AvgIpc) is 2.61. The molecule has 0 saturated carbocycles. The first-order valence-electron chi connectivity index (χ1n) is 7.70. The fourth-order valence-corrected chi connectivity index (χ4v) is 2.02. The Hall–Kier alpha value is -3.16. The Morgan fingerprint density at radius 2 is 1.77 bits per heavy atom. The summed E-state index contributed by atoms with van der Waals surface area (Å²) in [5.74, 6) is -2.22. The maximum absolute atomic E-state index is 12.6. The van der Waals surface area contributed by atoms with Gasteiger partial charge in [0.2, 0.25) is 0 Å². The molecule has 0 heterocycles. The van der Waals surface area contributed by atoms with Gasteiger partial charge in [-0.15, -0.1) is 0 Å². The van der Waals surface area contributed by atoms with Crippen LogP contribution in [0.5, 0.6) is 0 Å². The Morgan fingerprint density at radius 3 is 2.38 bits per heavy atom. The van der Waals surface area contributed by atoms with Crippen molar-refractivity contribution >= 4 is 23.7 Å². The molecule has 0 atom stereocenters. The summed E-state index contributed by atoms with van der Waals surface area (Å²) >= 11 is 0. The second kappa shape index (κ2) is 8.28. The highest BCUT2D eigenvalue weighted by Crippen LogP contribution is 2.30. The van der Waals surface area contributed by atoms with Gasteiger partial charge in [0.1, 0.15) is 0 Å². The van der Waals surface area contributed by atoms with Crippen LogP contribution in [0.2, 0.25) is 0 Å². The quantitative estimate of drug-likeness (QED) is 0.497. The lowest BCUT2D eigenvalue weighted by Crippen LogP contribution is -2.32. The van der Waals surface area contributed by atoms with E-state index in [2.05, 4.69) is 10.4 Å². The molecule has 26 heavy (non-hydrogen) atoms. The summed E-state index contributed by atoms with van der Waals surface area (Å²) in [6.07, 6.45) is -2.29. The van der Waals surface area contributed by atoms with Gasteiger partial charge in [0.15, 0.2) is 0 Å². The van der Waals surface area contributed by atoms with Crippen LogP contribution < -0.4 is 10.7 Å². The molecule has 0 spiro atoms. The molecule has 5 nitrogen and oxygen atoms in total. The van der Waals surface area contributed by atoms with Gasteiger partial charge >= 0.3 is 18.0 Å². The van der Waals surface area contributed by atoms with Gasteiger partial charge in [0.05, 0.1) is 11.8 Å². The van der Waals surface area contributed by atoms with Gasteiger partial charge in [-0.2, -0.15) is 18.3 Å². The molecule has 0 fully saturated rings. The van der Waals surface area contributed by atoms with E-state index in [0.717, 1.165) is 35.7 Å². The molecule has 2 rings (SSSR count). The minimum atomic E-state index is -4.54. The largest absolute Gasteiger partial charge is 0.416 e. The van der Waals surface area contributed by atoms with Crippen molar-refractivity contribution in [3.8, 4) is 0 Å². The average molecular weight is 363 g/mol. The number of carbonyl (C=O) groups is 2. The minimum Gasteiger partial charge on any atom is -0.318 e. The van der Waals surface area contributed by atoms with Crippen LogP contribution in [0.25, 0.3) is 0 Å². The summed E-state index contributed by atoms with van der Waals surface area (Å²) in [4.78, 5) is 23.4. The SMILES string of the molecule is CCc1ccc(/C=N\NC(=O)C(=O)Nc2cccc(C(F)(F)F)c2)cc1. The summed E-state index contributed by atoms with van der Waals surface area (Å²) < 4.78 is 37.9. The number of alkyl halides is 3. The summed E-state index contributed by atoms with van der Waals surface area (Å²) in [6, 6.07) is 11.4. The van der Waals surface area contributed by atoms with Crippen LogP contribution in [-0.2, 0) is 22.2 Å². The molecule has 0 bridgehead atoms. The number of halogens is 3. The molecule has 0 aliphatic carbocycles. The fourth-order valence-electron chi connectivity index (χ4n) is 2.02. The molecule has 0 aliphatic rings. The molecule has 0 radical (unpaired) electrons. The van der Waals surface area contributed by atoms with Crippen molar-refractivity contribution in [3.05, 3.63) is 65.2 Å². The first-order valence-corrected chi connectivity index (χ1v) is 7.70. The molecule has 2 aromatic rings. The van der Waals surface area contributed by atoms with E-state index in [1.165, 1.54) is 12.3 Å². The Morgan fingerprint density at radius 1 is 1.08 bits per heavy atom. The van der Waals surface area contributed by atoms with E-state index in [-0.39, 0.29) is 5.69 Å². The van der Waals surface area contributed by atoms with Crippen molar-refractivity contribution in [2.75, 3.05) is 5.32 Å². The van der Waals surface area contributed by atoms with Gasteiger partial charge in [0.25, 0.3) is 0 Å². The molecule has 0 aromatic heterocycles. The second-order valence-electron chi connectivity index (χ2n) is 5.33. The third kappa shape index (κ3) is 5.44. The molecule has 2 aromatic carbocycles. The number of anilines is 1. The molecule has 8 heteroatoms. The van der Waals surface area contributed by atoms with Crippen molar-refractivity contribution in [1.82, 2.24) is 5.43 Å². The maximum atomic E-state index is 12.6. The van der Waals surface area contributed by atoms with Gasteiger partial charge in [-0.3, -0.25) is 9.59 Å². The zero-order valence-electron chi connectivity index (χ0n) is 13.8. The smallest absolute Gasteiger partial charge is 0.318 e. The minimum absolute atomic E-state index is 0.140. The van der Waals surface area contributed by atoms with E-state index >= 15 is 0 Å². The van der Waals surface area contributed by atoms with Gasteiger partial charge in [-0.05, 0) is 35.7 Å². The van der Waals surface area contributed by atoms with Crippen LogP contribution >= 0.6 is 0 Å². The van der Waals surface area contributed by atoms with E-state index in [9.17, 15) is 22.8 Å². The van der Waals surface area contributed by atoms with E-state index < -0.39 is 23.6 Å². The van der Waals surface area contributed by atoms with E-state index in [4.69, 9.17) is 0 Å². The topological polar surface area (TPSA) is 70.6 Å². The number of amides is 2. The molecular formula is C18H16F3N3O2. The zero-order valence-corrected chi connectivity index (χ0v) is 13.8. The van der Waals surface area contributed by atoms with Crippen LogP contribution in [0.1, 0.15) is 23.6 Å². The summed E-state index contributed by atoms with van der Waals surface area (Å²) in [7, 11) is 0. The van der Waals surface area contributed by atoms with Crippen LogP contribution in [0.4, 0.5) is 18.9 Å². The number of nitrogens with zero attached hydrogens (tertiary/aromatic N) is 1. The highest BCUT2D eigenvalue weighted by molar-refractivity contribution is 6.39. The number of nitrogens with one attached hydrogen (secondary N) is 2. The first kappa shape index (κ1) is 19.2. The highest BCUT2D eigenvalue weighted by Gasteiger charge is 2.30. The van der Waals surface area contributed by atoms with Gasteiger partial charge in [-0.1, -0.05) is 37.3 Å². The molecule has 0 unspecified atom stereocenters. The first-order chi connectivity index (χ1) is 12.3. The third-order valence-corrected chi connectivity index (χ3v) is 3.42. The van der Waals surface area contributed by atoms with Gasteiger partial charge in [-0.25, -0.2) is 5.43 Å². The molecule has 0 saturated heterocycles. The Bertz CT molecular complexity index is 815. The molecular weight excluding hydrogens is 347 g/mol. The van der Waals surface area contributed by atoms with Crippen molar-refractivity contribution in [1.29, 1.82) is 0 Å². The van der Waals surface area contributed by atoms with Crippen molar-refractivity contribution in [3.63, 3.8) is 0 Å². The standard InChI is InChI=1S/C18H16F3N3O2/c1-2-12-6-8-13(9-7-12)11-22-24-17(26)16(25)23-15-5-3-4-14(10-15)18(19,20)21/h3-11H,2H2,1H3,(H,23,25)(H,24,26)/b22-11-.